The molecule has 0 radical (unpaired) electrons. The van der Waals surface area contributed by atoms with Gasteiger partial charge >= 0.3 is 12.1 Å². The van der Waals surface area contributed by atoms with Crippen LogP contribution in [-0.2, 0) is 16.1 Å². The van der Waals surface area contributed by atoms with Crippen LogP contribution in [0, 0.1) is 0 Å². The molecule has 0 saturated heterocycles. The predicted molar refractivity (Wildman–Crippen MR) is 129 cm³/mol. The van der Waals surface area contributed by atoms with Gasteiger partial charge in [0.05, 0.1) is 13.0 Å². The Hall–Kier alpha value is -4.07. The molecule has 0 unspecified atom stereocenters. The minimum atomic E-state index is -0.976. The van der Waals surface area contributed by atoms with Gasteiger partial charge < -0.3 is 24.5 Å². The van der Waals surface area contributed by atoms with Crippen molar-refractivity contribution in [2.45, 2.75) is 38.8 Å². The van der Waals surface area contributed by atoms with E-state index in [2.05, 4.69) is 29.6 Å². The lowest BCUT2D eigenvalue weighted by Gasteiger charge is -2.25. The number of alkyl carbamates (subject to hydrolysis) is 1. The molecule has 2 N–H and O–H groups in total. The SMILES string of the molecule is CC(C)N(CCC(=O)O)C(=O)c1ccc(CNC(=O)OCC2c3ccccc3-c3ccccc32)o1. The summed E-state index contributed by atoms with van der Waals surface area (Å²) in [5.41, 5.74) is 4.58. The smallest absolute Gasteiger partial charge is 0.407 e. The van der Waals surface area contributed by atoms with E-state index in [0.29, 0.717) is 5.76 Å². The highest BCUT2D eigenvalue weighted by Crippen LogP contribution is 2.44. The number of fused-ring (bicyclic) bond motifs is 3. The number of benzene rings is 2. The molecule has 2 aromatic carbocycles. The summed E-state index contributed by atoms with van der Waals surface area (Å²) < 4.78 is 11.1. The highest BCUT2D eigenvalue weighted by molar-refractivity contribution is 5.92. The second kappa shape index (κ2) is 10.5. The third-order valence-electron chi connectivity index (χ3n) is 6.07. The van der Waals surface area contributed by atoms with Crippen molar-refractivity contribution >= 4 is 18.0 Å². The summed E-state index contributed by atoms with van der Waals surface area (Å²) in [6.07, 6.45) is -0.734. The summed E-state index contributed by atoms with van der Waals surface area (Å²) in [4.78, 5) is 37.4. The van der Waals surface area contributed by atoms with E-state index in [-0.39, 0.29) is 43.8 Å². The lowest BCUT2D eigenvalue weighted by Crippen LogP contribution is -2.38. The first-order valence-electron chi connectivity index (χ1n) is 11.6. The zero-order valence-corrected chi connectivity index (χ0v) is 19.7. The van der Waals surface area contributed by atoms with Gasteiger partial charge in [-0.25, -0.2) is 4.79 Å². The number of furan rings is 1. The molecule has 0 bridgehead atoms. The maximum atomic E-state index is 12.7. The molecular weight excluding hydrogens is 448 g/mol. The Morgan fingerprint density at radius 2 is 1.63 bits per heavy atom. The largest absolute Gasteiger partial charge is 0.481 e. The molecule has 1 aliphatic carbocycles. The summed E-state index contributed by atoms with van der Waals surface area (Å²) in [5.74, 6) is -0.921. The second-order valence-corrected chi connectivity index (χ2v) is 8.68. The van der Waals surface area contributed by atoms with Crippen molar-refractivity contribution in [3.8, 4) is 11.1 Å². The maximum Gasteiger partial charge on any atom is 0.407 e. The van der Waals surface area contributed by atoms with E-state index in [1.807, 2.05) is 38.1 Å². The number of aliphatic carboxylic acids is 1. The van der Waals surface area contributed by atoms with Crippen LogP contribution in [0.5, 0.6) is 0 Å². The van der Waals surface area contributed by atoms with Crippen LogP contribution in [0.15, 0.2) is 65.1 Å². The lowest BCUT2D eigenvalue weighted by molar-refractivity contribution is -0.137. The summed E-state index contributed by atoms with van der Waals surface area (Å²) in [7, 11) is 0. The number of carbonyl (C=O) groups excluding carboxylic acids is 2. The van der Waals surface area contributed by atoms with Crippen molar-refractivity contribution in [3.05, 3.63) is 83.3 Å². The topological polar surface area (TPSA) is 109 Å². The van der Waals surface area contributed by atoms with Crippen molar-refractivity contribution in [3.63, 3.8) is 0 Å². The number of rotatable bonds is 9. The normalized spacial score (nSPS) is 12.2. The van der Waals surface area contributed by atoms with E-state index in [1.54, 1.807) is 6.07 Å². The molecule has 1 aliphatic rings. The number of amides is 2. The van der Waals surface area contributed by atoms with Crippen molar-refractivity contribution in [1.29, 1.82) is 0 Å². The van der Waals surface area contributed by atoms with Crippen LogP contribution in [-0.4, -0.2) is 47.2 Å². The van der Waals surface area contributed by atoms with Crippen LogP contribution in [0.2, 0.25) is 0 Å². The fourth-order valence-electron chi connectivity index (χ4n) is 4.35. The standard InChI is InChI=1S/C27H28N2O6/c1-17(2)29(14-13-25(30)31)26(32)24-12-11-18(35-24)15-28-27(33)34-16-23-21-9-5-3-7-19(21)20-8-4-6-10-22(20)23/h3-12,17,23H,13-16H2,1-2H3,(H,28,33)(H,30,31). The summed E-state index contributed by atoms with van der Waals surface area (Å²) in [6, 6.07) is 19.2. The zero-order valence-electron chi connectivity index (χ0n) is 19.7. The van der Waals surface area contributed by atoms with E-state index in [1.165, 1.54) is 11.0 Å². The number of carboxylic acid groups (broad SMARTS) is 1. The number of carbonyl (C=O) groups is 3. The van der Waals surface area contributed by atoms with Gasteiger partial charge in [0.15, 0.2) is 5.76 Å². The maximum absolute atomic E-state index is 12.7. The summed E-state index contributed by atoms with van der Waals surface area (Å²) in [6.45, 7) is 3.96. The van der Waals surface area contributed by atoms with E-state index in [4.69, 9.17) is 14.3 Å². The second-order valence-electron chi connectivity index (χ2n) is 8.68. The van der Waals surface area contributed by atoms with Gasteiger partial charge in [0.2, 0.25) is 0 Å². The molecule has 4 rings (SSSR count). The van der Waals surface area contributed by atoms with E-state index in [9.17, 15) is 14.4 Å². The lowest BCUT2D eigenvalue weighted by atomic mass is 9.98. The number of ether oxygens (including phenoxy) is 1. The average Bonchev–Trinajstić information content (AvgIpc) is 3.44. The number of nitrogens with one attached hydrogen (secondary N) is 1. The van der Waals surface area contributed by atoms with Crippen LogP contribution < -0.4 is 5.32 Å². The Bertz CT molecular complexity index is 1190. The molecule has 0 atom stereocenters. The first kappa shape index (κ1) is 24.1. The summed E-state index contributed by atoms with van der Waals surface area (Å²) in [5, 5.41) is 11.6. The Morgan fingerprint density at radius 3 is 2.23 bits per heavy atom. The first-order valence-corrected chi connectivity index (χ1v) is 11.6. The molecule has 1 heterocycles. The molecule has 0 fully saturated rings. The summed E-state index contributed by atoms with van der Waals surface area (Å²) >= 11 is 0. The van der Waals surface area contributed by atoms with Gasteiger partial charge in [0.25, 0.3) is 5.91 Å². The molecule has 8 nitrogen and oxygen atoms in total. The average molecular weight is 477 g/mol. The molecule has 2 amide bonds. The van der Waals surface area contributed by atoms with E-state index >= 15 is 0 Å². The van der Waals surface area contributed by atoms with Crippen molar-refractivity contribution in [2.75, 3.05) is 13.2 Å². The quantitative estimate of drug-likeness (QED) is 0.466. The molecule has 0 saturated carbocycles. The van der Waals surface area contributed by atoms with Crippen LogP contribution in [0.4, 0.5) is 4.79 Å². The van der Waals surface area contributed by atoms with Crippen molar-refractivity contribution in [1.82, 2.24) is 10.2 Å². The van der Waals surface area contributed by atoms with Crippen molar-refractivity contribution < 1.29 is 28.6 Å². The Labute approximate surface area is 203 Å². The molecule has 182 valence electrons. The van der Waals surface area contributed by atoms with Gasteiger partial charge in [0, 0.05) is 18.5 Å². The molecule has 0 spiro atoms. The highest BCUT2D eigenvalue weighted by atomic mass is 16.5. The van der Waals surface area contributed by atoms with Gasteiger partial charge in [-0.15, -0.1) is 0 Å². The monoisotopic (exact) mass is 476 g/mol. The number of nitrogens with zero attached hydrogens (tertiary/aromatic N) is 1. The number of hydrogen-bond donors (Lipinski definition) is 2. The van der Waals surface area contributed by atoms with Crippen LogP contribution in [0.25, 0.3) is 11.1 Å². The van der Waals surface area contributed by atoms with E-state index in [0.717, 1.165) is 22.3 Å². The molecule has 0 aliphatic heterocycles. The van der Waals surface area contributed by atoms with Crippen LogP contribution >= 0.6 is 0 Å². The zero-order chi connectivity index (χ0) is 24.9. The molecule has 1 aromatic heterocycles. The van der Waals surface area contributed by atoms with E-state index < -0.39 is 18.0 Å². The Morgan fingerprint density at radius 1 is 1.00 bits per heavy atom. The van der Waals surface area contributed by atoms with Gasteiger partial charge in [-0.3, -0.25) is 9.59 Å². The number of carboxylic acids is 1. The molecule has 8 heteroatoms. The molecular formula is C27H28N2O6. The Balaban J connectivity index is 1.32. The third kappa shape index (κ3) is 5.37. The number of hydrogen-bond acceptors (Lipinski definition) is 5. The van der Waals surface area contributed by atoms with Gasteiger partial charge in [-0.2, -0.15) is 0 Å². The fourth-order valence-corrected chi connectivity index (χ4v) is 4.35. The van der Waals surface area contributed by atoms with Crippen LogP contribution in [0.1, 0.15) is 53.6 Å². The minimum absolute atomic E-state index is 0.0335. The first-order chi connectivity index (χ1) is 16.8. The van der Waals surface area contributed by atoms with Crippen molar-refractivity contribution in [2.24, 2.45) is 0 Å². The van der Waals surface area contributed by atoms with Gasteiger partial charge in [-0.05, 0) is 48.2 Å². The predicted octanol–water partition coefficient (Wildman–Crippen LogP) is 4.64. The van der Waals surface area contributed by atoms with Gasteiger partial charge in [-0.1, -0.05) is 48.5 Å². The fraction of sp³-hybridized carbons (Fsp3) is 0.296. The molecule has 3 aromatic rings. The Kier molecular flexibility index (Phi) is 7.19. The minimum Gasteiger partial charge on any atom is -0.481 e. The van der Waals surface area contributed by atoms with Crippen LogP contribution in [0.3, 0.4) is 0 Å². The van der Waals surface area contributed by atoms with Gasteiger partial charge in [0.1, 0.15) is 12.4 Å². The molecule has 35 heavy (non-hydrogen) atoms. The highest BCUT2D eigenvalue weighted by Gasteiger charge is 2.29. The third-order valence-corrected chi connectivity index (χ3v) is 6.07.